The number of carbonyl (C=O) groups excluding carboxylic acids is 1. The maximum absolute atomic E-state index is 14.2. The Labute approximate surface area is 201 Å². The number of halogens is 3. The Morgan fingerprint density at radius 2 is 2.00 bits per heavy atom. The van der Waals surface area contributed by atoms with Crippen molar-refractivity contribution in [2.75, 3.05) is 0 Å². The molecule has 2 aromatic rings. The highest BCUT2D eigenvalue weighted by atomic mass is 19.4. The van der Waals surface area contributed by atoms with Crippen LogP contribution in [0.3, 0.4) is 0 Å². The van der Waals surface area contributed by atoms with Crippen molar-refractivity contribution in [1.29, 1.82) is 0 Å². The second kappa shape index (κ2) is 7.53. The number of carbonyl (C=O) groups is 1. The van der Waals surface area contributed by atoms with Crippen LogP contribution in [0.5, 0.6) is 0 Å². The monoisotopic (exact) mass is 484 g/mol. The molecule has 0 aliphatic carbocycles. The van der Waals surface area contributed by atoms with E-state index in [1.807, 2.05) is 52.2 Å². The predicted octanol–water partition coefficient (Wildman–Crippen LogP) is 4.81. The fraction of sp³-hybridized carbons (Fsp3) is 0.440. The van der Waals surface area contributed by atoms with Gasteiger partial charge in [-0.3, -0.25) is 9.48 Å². The van der Waals surface area contributed by atoms with Crippen LogP contribution < -0.4 is 10.6 Å². The number of amides is 1. The zero-order chi connectivity index (χ0) is 25.3. The minimum absolute atomic E-state index is 0.0267. The number of nitrogens with zero attached hydrogens (tertiary/aromatic N) is 4. The van der Waals surface area contributed by atoms with Gasteiger partial charge in [0.2, 0.25) is 0 Å². The van der Waals surface area contributed by atoms with Crippen LogP contribution in [-0.2, 0) is 17.3 Å². The molecule has 35 heavy (non-hydrogen) atoms. The SMILES string of the molecule is CC[C@]1(c2cccc(-c3cn(C)nc3C)c2)C2=C(CC(C)(C)NC2=O)NC2N=NC(C(F)(F)F)=C21. The Bertz CT molecular complexity index is 1330. The third-order valence-electron chi connectivity index (χ3n) is 7.08. The number of hydrogen-bond donors (Lipinski definition) is 2. The molecular weight excluding hydrogens is 457 g/mol. The molecule has 184 valence electrons. The molecule has 2 atom stereocenters. The molecule has 0 spiro atoms. The molecule has 0 fully saturated rings. The largest absolute Gasteiger partial charge is 0.435 e. The van der Waals surface area contributed by atoms with Crippen LogP contribution in [0.15, 0.2) is 63.2 Å². The third kappa shape index (κ3) is 3.49. The van der Waals surface area contributed by atoms with Crippen LogP contribution in [-0.4, -0.2) is 33.6 Å². The van der Waals surface area contributed by atoms with E-state index in [-0.39, 0.29) is 17.9 Å². The zero-order valence-corrected chi connectivity index (χ0v) is 20.2. The molecule has 10 heteroatoms. The lowest BCUT2D eigenvalue weighted by atomic mass is 9.61. The van der Waals surface area contributed by atoms with Crippen molar-refractivity contribution < 1.29 is 18.0 Å². The maximum atomic E-state index is 14.2. The highest BCUT2D eigenvalue weighted by Gasteiger charge is 2.57. The Hall–Kier alpha value is -3.43. The van der Waals surface area contributed by atoms with Crippen molar-refractivity contribution in [2.24, 2.45) is 17.3 Å². The predicted molar refractivity (Wildman–Crippen MR) is 124 cm³/mol. The van der Waals surface area contributed by atoms with E-state index in [2.05, 4.69) is 26.0 Å². The molecule has 4 heterocycles. The van der Waals surface area contributed by atoms with E-state index in [0.717, 1.165) is 16.8 Å². The maximum Gasteiger partial charge on any atom is 0.435 e. The van der Waals surface area contributed by atoms with Crippen molar-refractivity contribution in [3.8, 4) is 11.1 Å². The third-order valence-corrected chi connectivity index (χ3v) is 7.08. The van der Waals surface area contributed by atoms with E-state index in [1.165, 1.54) is 0 Å². The van der Waals surface area contributed by atoms with Gasteiger partial charge in [0.1, 0.15) is 0 Å². The van der Waals surface area contributed by atoms with Gasteiger partial charge in [0, 0.05) is 42.0 Å². The van der Waals surface area contributed by atoms with Gasteiger partial charge in [-0.2, -0.15) is 23.4 Å². The van der Waals surface area contributed by atoms with E-state index < -0.39 is 29.0 Å². The average Bonchev–Trinajstić information content (AvgIpc) is 3.34. The molecule has 5 rings (SSSR count). The number of rotatable bonds is 3. The lowest BCUT2D eigenvalue weighted by Crippen LogP contribution is -2.58. The Morgan fingerprint density at radius 3 is 2.63 bits per heavy atom. The summed E-state index contributed by atoms with van der Waals surface area (Å²) in [4.78, 5) is 13.6. The van der Waals surface area contributed by atoms with Crippen LogP contribution >= 0.6 is 0 Å². The van der Waals surface area contributed by atoms with E-state index in [4.69, 9.17) is 0 Å². The van der Waals surface area contributed by atoms with Gasteiger partial charge in [-0.15, -0.1) is 5.11 Å². The number of azo groups is 1. The highest BCUT2D eigenvalue weighted by Crippen LogP contribution is 2.55. The first-order valence-electron chi connectivity index (χ1n) is 11.5. The summed E-state index contributed by atoms with van der Waals surface area (Å²) in [6, 6.07) is 7.37. The molecule has 1 aromatic heterocycles. The zero-order valence-electron chi connectivity index (χ0n) is 20.2. The number of fused-ring (bicyclic) bond motifs is 1. The number of hydrogen-bond acceptors (Lipinski definition) is 5. The lowest BCUT2D eigenvalue weighted by molar-refractivity contribution is -0.120. The first-order valence-corrected chi connectivity index (χ1v) is 11.5. The number of nitrogens with one attached hydrogen (secondary N) is 2. The summed E-state index contributed by atoms with van der Waals surface area (Å²) in [5.41, 5.74) is 1.03. The summed E-state index contributed by atoms with van der Waals surface area (Å²) in [6.07, 6.45) is -3.16. The fourth-order valence-electron chi connectivity index (χ4n) is 5.76. The van der Waals surface area contributed by atoms with Crippen LogP contribution in [0.25, 0.3) is 11.1 Å². The molecule has 0 bridgehead atoms. The molecule has 3 aliphatic heterocycles. The number of allylic oxidation sites excluding steroid dienone is 1. The summed E-state index contributed by atoms with van der Waals surface area (Å²) in [6.45, 7) is 7.46. The Balaban J connectivity index is 1.83. The van der Waals surface area contributed by atoms with Gasteiger partial charge in [0.05, 0.1) is 16.7 Å². The quantitative estimate of drug-likeness (QED) is 0.656. The van der Waals surface area contributed by atoms with Gasteiger partial charge in [-0.25, -0.2) is 0 Å². The summed E-state index contributed by atoms with van der Waals surface area (Å²) in [5.74, 6) is -0.382. The number of aryl methyl sites for hydroxylation is 2. The second-order valence-electron chi connectivity index (χ2n) is 10.0. The molecule has 3 aliphatic rings. The fourth-order valence-corrected chi connectivity index (χ4v) is 5.76. The average molecular weight is 485 g/mol. The normalized spacial score (nSPS) is 25.4. The molecule has 0 radical (unpaired) electrons. The van der Waals surface area contributed by atoms with Crippen LogP contribution in [0.1, 0.15) is 44.9 Å². The van der Waals surface area contributed by atoms with Gasteiger partial charge in [0.25, 0.3) is 5.91 Å². The van der Waals surface area contributed by atoms with Crippen molar-refractivity contribution in [1.82, 2.24) is 20.4 Å². The molecule has 1 aromatic carbocycles. The number of benzene rings is 1. The van der Waals surface area contributed by atoms with Crippen LogP contribution in [0.4, 0.5) is 13.2 Å². The Morgan fingerprint density at radius 1 is 1.26 bits per heavy atom. The van der Waals surface area contributed by atoms with Crippen molar-refractivity contribution in [3.63, 3.8) is 0 Å². The number of aromatic nitrogens is 2. The lowest BCUT2D eigenvalue weighted by Gasteiger charge is -2.48. The van der Waals surface area contributed by atoms with Gasteiger partial charge in [0.15, 0.2) is 11.9 Å². The second-order valence-corrected chi connectivity index (χ2v) is 10.0. The molecule has 1 unspecified atom stereocenters. The highest BCUT2D eigenvalue weighted by molar-refractivity contribution is 6.00. The molecular formula is C25H27F3N6O. The smallest absolute Gasteiger partial charge is 0.362 e. The van der Waals surface area contributed by atoms with E-state index in [1.54, 1.807) is 17.7 Å². The summed E-state index contributed by atoms with van der Waals surface area (Å²) < 4.78 is 44.3. The van der Waals surface area contributed by atoms with Crippen LogP contribution in [0.2, 0.25) is 0 Å². The minimum atomic E-state index is -4.71. The summed E-state index contributed by atoms with van der Waals surface area (Å²) in [5, 5.41) is 18.1. The molecule has 2 N–H and O–H groups in total. The van der Waals surface area contributed by atoms with E-state index in [9.17, 15) is 18.0 Å². The molecule has 0 saturated carbocycles. The van der Waals surface area contributed by atoms with E-state index >= 15 is 0 Å². The standard InChI is InChI=1S/C25H27F3N6O/c1-6-24(15-9-7-8-14(10-15)16-12-34(5)33-13(16)2)18-17(11-23(3,4)30-22(18)35)29-21-19(24)20(31-32-21)25(26,27)28/h7-10,12,21,29H,6,11H2,1-5H3,(H,30,35)/t21?,24-/m0/s1. The molecule has 1 amide bonds. The van der Waals surface area contributed by atoms with Gasteiger partial charge in [-0.05, 0) is 44.4 Å². The first kappa shape index (κ1) is 23.3. The van der Waals surface area contributed by atoms with Crippen molar-refractivity contribution in [3.05, 3.63) is 64.3 Å². The number of alkyl halides is 3. The molecule has 0 saturated heterocycles. The first-order chi connectivity index (χ1) is 16.4. The van der Waals surface area contributed by atoms with Crippen molar-refractivity contribution >= 4 is 5.91 Å². The van der Waals surface area contributed by atoms with Crippen molar-refractivity contribution in [2.45, 2.75) is 63.8 Å². The topological polar surface area (TPSA) is 83.7 Å². The Kier molecular flexibility index (Phi) is 5.02. The van der Waals surface area contributed by atoms with E-state index in [0.29, 0.717) is 23.3 Å². The van der Waals surface area contributed by atoms with Gasteiger partial charge >= 0.3 is 6.18 Å². The summed E-state index contributed by atoms with van der Waals surface area (Å²) >= 11 is 0. The van der Waals surface area contributed by atoms with Gasteiger partial charge < -0.3 is 10.6 Å². The van der Waals surface area contributed by atoms with Gasteiger partial charge in [-0.1, -0.05) is 25.1 Å². The van der Waals surface area contributed by atoms with Crippen LogP contribution in [0, 0.1) is 6.92 Å². The minimum Gasteiger partial charge on any atom is -0.362 e. The molecule has 7 nitrogen and oxygen atoms in total. The summed E-state index contributed by atoms with van der Waals surface area (Å²) in [7, 11) is 1.82.